The monoisotopic (exact) mass is 456 g/mol. The summed E-state index contributed by atoms with van der Waals surface area (Å²) in [5.74, 6) is 0.589. The van der Waals surface area contributed by atoms with Crippen LogP contribution < -0.4 is 19.2 Å². The van der Waals surface area contributed by atoms with Gasteiger partial charge in [0.1, 0.15) is 17.6 Å². The molecule has 30 heavy (non-hydrogen) atoms. The van der Waals surface area contributed by atoms with Crippen molar-refractivity contribution in [1.82, 2.24) is 0 Å². The maximum atomic E-state index is 11.6. The maximum absolute atomic E-state index is 11.6. The Morgan fingerprint density at radius 2 is 1.90 bits per heavy atom. The van der Waals surface area contributed by atoms with Gasteiger partial charge >= 0.3 is 20.6 Å². The molecule has 4 N–H and O–H groups in total. The van der Waals surface area contributed by atoms with E-state index in [0.717, 1.165) is 22.3 Å². The summed E-state index contributed by atoms with van der Waals surface area (Å²) in [6.45, 7) is 3.91. The zero-order valence-electron chi connectivity index (χ0n) is 16.6. The van der Waals surface area contributed by atoms with Gasteiger partial charge in [0, 0.05) is 17.0 Å². The fourth-order valence-electron chi connectivity index (χ4n) is 4.84. The number of nitrogens with two attached hydrogens (primary N) is 2. The van der Waals surface area contributed by atoms with Gasteiger partial charge in [0.05, 0.1) is 6.10 Å². The first-order valence-corrected chi connectivity index (χ1v) is 12.5. The molecule has 164 valence electrons. The van der Waals surface area contributed by atoms with E-state index in [1.807, 2.05) is 13.8 Å². The Labute approximate surface area is 176 Å². The molecule has 0 unspecified atom stereocenters. The topological polar surface area (TPSA) is 148 Å². The molecule has 0 saturated carbocycles. The molecular weight excluding hydrogens is 432 g/mol. The normalized spacial score (nSPS) is 28.6. The van der Waals surface area contributed by atoms with Crippen LogP contribution in [0.25, 0.3) is 5.57 Å². The average Bonchev–Trinajstić information content (AvgIpc) is 2.59. The Morgan fingerprint density at radius 3 is 2.57 bits per heavy atom. The molecule has 0 amide bonds. The van der Waals surface area contributed by atoms with Crippen LogP contribution in [0.2, 0.25) is 0 Å². The van der Waals surface area contributed by atoms with Crippen LogP contribution in [0.5, 0.6) is 11.5 Å². The summed E-state index contributed by atoms with van der Waals surface area (Å²) in [4.78, 5) is 0. The summed E-state index contributed by atoms with van der Waals surface area (Å²) in [5.41, 5.74) is 3.47. The smallest absolute Gasteiger partial charge is 0.380 e. The molecule has 3 atom stereocenters. The number of hydrogen-bond acceptors (Lipinski definition) is 7. The lowest BCUT2D eigenvalue weighted by atomic mass is 9.61. The maximum Gasteiger partial charge on any atom is 0.380 e. The van der Waals surface area contributed by atoms with Crippen molar-refractivity contribution < 1.29 is 29.9 Å². The van der Waals surface area contributed by atoms with E-state index in [9.17, 15) is 16.8 Å². The molecule has 11 heteroatoms. The standard InChI is InChI=1S/C19H24N2O7S2/c1-11-18-14(13-7-6-12(10-16(13)26-11)27-29(20,22)23)8-9-19(2)15(18)4-3-5-17(19)28-30(21,24)25/h4,6-7,10-11,17H,3,5,8-9H2,1-2H3,(H2,20,22,23)(H2,21,24,25)/t11-,17+,19+/m1/s1. The minimum Gasteiger partial charge on any atom is -0.485 e. The summed E-state index contributed by atoms with van der Waals surface area (Å²) in [6, 6.07) is 4.79. The van der Waals surface area contributed by atoms with Crippen LogP contribution in [0.4, 0.5) is 0 Å². The van der Waals surface area contributed by atoms with Gasteiger partial charge in [-0.2, -0.15) is 22.0 Å². The van der Waals surface area contributed by atoms with Crippen LogP contribution in [0.15, 0.2) is 35.4 Å². The fourth-order valence-corrected chi connectivity index (χ4v) is 5.85. The van der Waals surface area contributed by atoms with E-state index in [0.29, 0.717) is 31.4 Å². The highest BCUT2D eigenvalue weighted by molar-refractivity contribution is 7.84. The largest absolute Gasteiger partial charge is 0.485 e. The number of ether oxygens (including phenoxy) is 1. The van der Waals surface area contributed by atoms with Crippen LogP contribution in [0.1, 0.15) is 45.1 Å². The van der Waals surface area contributed by atoms with Gasteiger partial charge in [-0.25, -0.2) is 5.14 Å². The second-order valence-electron chi connectivity index (χ2n) is 8.08. The van der Waals surface area contributed by atoms with Crippen molar-refractivity contribution in [2.45, 2.75) is 51.7 Å². The van der Waals surface area contributed by atoms with E-state index in [-0.39, 0.29) is 11.9 Å². The molecular formula is C19H24N2O7S2. The van der Waals surface area contributed by atoms with Crippen LogP contribution in [-0.4, -0.2) is 29.0 Å². The van der Waals surface area contributed by atoms with Gasteiger partial charge in [0.25, 0.3) is 0 Å². The van der Waals surface area contributed by atoms with E-state index < -0.39 is 32.1 Å². The van der Waals surface area contributed by atoms with Gasteiger partial charge in [-0.3, -0.25) is 4.18 Å². The van der Waals surface area contributed by atoms with Crippen molar-refractivity contribution in [2.75, 3.05) is 0 Å². The zero-order valence-corrected chi connectivity index (χ0v) is 18.3. The molecule has 0 aromatic heterocycles. The van der Waals surface area contributed by atoms with Gasteiger partial charge in [0.15, 0.2) is 0 Å². The molecule has 1 aliphatic heterocycles. The minimum atomic E-state index is -4.14. The van der Waals surface area contributed by atoms with Gasteiger partial charge in [-0.05, 0) is 61.5 Å². The molecule has 0 saturated heterocycles. The number of allylic oxidation sites excluding steroid dienone is 2. The molecule has 0 radical (unpaired) electrons. The van der Waals surface area contributed by atoms with Gasteiger partial charge in [-0.1, -0.05) is 13.0 Å². The molecule has 9 nitrogen and oxygen atoms in total. The van der Waals surface area contributed by atoms with Crippen molar-refractivity contribution in [3.8, 4) is 11.5 Å². The minimum absolute atomic E-state index is 0.0756. The first kappa shape index (κ1) is 21.3. The van der Waals surface area contributed by atoms with E-state index in [2.05, 4.69) is 6.08 Å². The summed E-state index contributed by atoms with van der Waals surface area (Å²) in [7, 11) is -8.21. The number of rotatable bonds is 4. The molecule has 1 heterocycles. The van der Waals surface area contributed by atoms with Gasteiger partial charge < -0.3 is 8.92 Å². The van der Waals surface area contributed by atoms with Crippen molar-refractivity contribution in [3.63, 3.8) is 0 Å². The lowest BCUT2D eigenvalue weighted by Gasteiger charge is -2.48. The molecule has 4 rings (SSSR count). The number of hydrogen-bond donors (Lipinski definition) is 2. The van der Waals surface area contributed by atoms with Crippen molar-refractivity contribution in [1.29, 1.82) is 0 Å². The zero-order chi connectivity index (χ0) is 21.9. The van der Waals surface area contributed by atoms with Crippen LogP contribution in [-0.2, 0) is 24.8 Å². The highest BCUT2D eigenvalue weighted by Crippen LogP contribution is 2.56. The molecule has 0 fully saturated rings. The highest BCUT2D eigenvalue weighted by Gasteiger charge is 2.48. The average molecular weight is 457 g/mol. The van der Waals surface area contributed by atoms with Crippen molar-refractivity contribution in [2.24, 2.45) is 15.7 Å². The van der Waals surface area contributed by atoms with E-state index >= 15 is 0 Å². The SMILES string of the molecule is C[C@H]1Oc2cc(OS(N)(=O)=O)ccc2C2=C1C1=CCC[C@H](OS(N)(=O)=O)[C@@]1(C)CC2. The number of benzene rings is 1. The summed E-state index contributed by atoms with van der Waals surface area (Å²) in [6.07, 6.45) is 3.86. The van der Waals surface area contributed by atoms with E-state index in [1.165, 1.54) is 12.1 Å². The van der Waals surface area contributed by atoms with Crippen molar-refractivity contribution in [3.05, 3.63) is 41.0 Å². The molecule has 3 aliphatic rings. The third-order valence-corrected chi connectivity index (χ3v) is 6.99. The lowest BCUT2D eigenvalue weighted by molar-refractivity contribution is 0.0682. The Hall–Kier alpha value is -1.92. The molecule has 0 spiro atoms. The Bertz CT molecular complexity index is 1170. The Balaban J connectivity index is 1.76. The highest BCUT2D eigenvalue weighted by atomic mass is 32.2. The molecule has 1 aromatic rings. The second-order valence-corrected chi connectivity index (χ2v) is 10.4. The second kappa shape index (κ2) is 7.06. The predicted molar refractivity (Wildman–Crippen MR) is 110 cm³/mol. The molecule has 0 bridgehead atoms. The Kier molecular flexibility index (Phi) is 5.02. The van der Waals surface area contributed by atoms with E-state index in [1.54, 1.807) is 6.07 Å². The van der Waals surface area contributed by atoms with Crippen LogP contribution in [0.3, 0.4) is 0 Å². The molecule has 1 aromatic carbocycles. The van der Waals surface area contributed by atoms with Crippen LogP contribution in [0, 0.1) is 5.41 Å². The summed E-state index contributed by atoms with van der Waals surface area (Å²) < 4.78 is 61.7. The Morgan fingerprint density at radius 1 is 1.17 bits per heavy atom. The van der Waals surface area contributed by atoms with Gasteiger partial charge in [-0.15, -0.1) is 0 Å². The van der Waals surface area contributed by atoms with Crippen LogP contribution >= 0.6 is 0 Å². The predicted octanol–water partition coefficient (Wildman–Crippen LogP) is 1.91. The summed E-state index contributed by atoms with van der Waals surface area (Å²) >= 11 is 0. The van der Waals surface area contributed by atoms with Gasteiger partial charge in [0.2, 0.25) is 0 Å². The van der Waals surface area contributed by atoms with Crippen molar-refractivity contribution >= 4 is 26.2 Å². The third-order valence-electron chi connectivity index (χ3n) is 6.06. The fraction of sp³-hybridized carbons (Fsp3) is 0.474. The third kappa shape index (κ3) is 3.87. The summed E-state index contributed by atoms with van der Waals surface area (Å²) in [5, 5.41) is 10.1. The molecule has 2 aliphatic carbocycles. The first-order valence-electron chi connectivity index (χ1n) is 9.56. The quantitative estimate of drug-likeness (QED) is 0.703. The van der Waals surface area contributed by atoms with E-state index in [4.69, 9.17) is 23.4 Å². The first-order chi connectivity index (χ1) is 13.9. The number of fused-ring (bicyclic) bond motifs is 4. The lowest BCUT2D eigenvalue weighted by Crippen LogP contribution is -2.45.